The summed E-state index contributed by atoms with van der Waals surface area (Å²) >= 11 is 0. The highest BCUT2D eigenvalue weighted by Gasteiger charge is 2.10. The first kappa shape index (κ1) is 10.9. The van der Waals surface area contributed by atoms with Crippen LogP contribution in [0.25, 0.3) is 10.8 Å². The Bertz CT molecular complexity index is 511. The van der Waals surface area contributed by atoms with Crippen molar-refractivity contribution in [3.05, 3.63) is 41.7 Å². The van der Waals surface area contributed by atoms with Gasteiger partial charge < -0.3 is 10.8 Å². The van der Waals surface area contributed by atoms with Crippen LogP contribution in [0.5, 0.6) is 5.75 Å². The summed E-state index contributed by atoms with van der Waals surface area (Å²) in [6.07, 6.45) is 1.27. The SMILES string of the molecule is NCCCc1c(F)ccc2cccc(O)c12. The first-order valence-corrected chi connectivity index (χ1v) is 5.33. The third kappa shape index (κ3) is 1.86. The molecule has 0 unspecified atom stereocenters. The lowest BCUT2D eigenvalue weighted by atomic mass is 9.99. The number of phenolic OH excluding ortho intramolecular Hbond substituents is 1. The zero-order valence-corrected chi connectivity index (χ0v) is 8.91. The van der Waals surface area contributed by atoms with E-state index < -0.39 is 0 Å². The first-order valence-electron chi connectivity index (χ1n) is 5.33. The van der Waals surface area contributed by atoms with Gasteiger partial charge in [0.15, 0.2) is 0 Å². The Morgan fingerprint density at radius 3 is 2.75 bits per heavy atom. The molecule has 2 rings (SSSR count). The Hall–Kier alpha value is -1.61. The lowest BCUT2D eigenvalue weighted by Crippen LogP contribution is -2.02. The smallest absolute Gasteiger partial charge is 0.127 e. The van der Waals surface area contributed by atoms with Gasteiger partial charge in [-0.05, 0) is 42.5 Å². The van der Waals surface area contributed by atoms with Crippen LogP contribution < -0.4 is 5.73 Å². The van der Waals surface area contributed by atoms with Gasteiger partial charge in [-0.3, -0.25) is 0 Å². The summed E-state index contributed by atoms with van der Waals surface area (Å²) in [4.78, 5) is 0. The van der Waals surface area contributed by atoms with Crippen molar-refractivity contribution in [2.75, 3.05) is 6.54 Å². The fourth-order valence-corrected chi connectivity index (χ4v) is 1.93. The number of hydrogen-bond donors (Lipinski definition) is 2. The molecule has 0 radical (unpaired) electrons. The predicted octanol–water partition coefficient (Wildman–Crippen LogP) is 2.58. The minimum absolute atomic E-state index is 0.129. The molecule has 0 aromatic heterocycles. The predicted molar refractivity (Wildman–Crippen MR) is 62.9 cm³/mol. The molecular formula is C13H14FNO. The molecular weight excluding hydrogens is 205 g/mol. The van der Waals surface area contributed by atoms with Gasteiger partial charge in [0.2, 0.25) is 0 Å². The van der Waals surface area contributed by atoms with Crippen molar-refractivity contribution < 1.29 is 9.50 Å². The summed E-state index contributed by atoms with van der Waals surface area (Å²) in [7, 11) is 0. The highest BCUT2D eigenvalue weighted by molar-refractivity contribution is 5.91. The molecule has 0 fully saturated rings. The monoisotopic (exact) mass is 219 g/mol. The van der Waals surface area contributed by atoms with E-state index in [9.17, 15) is 9.50 Å². The van der Waals surface area contributed by atoms with Crippen LogP contribution >= 0.6 is 0 Å². The summed E-state index contributed by atoms with van der Waals surface area (Å²) < 4.78 is 13.7. The van der Waals surface area contributed by atoms with Gasteiger partial charge >= 0.3 is 0 Å². The van der Waals surface area contributed by atoms with Crippen LogP contribution in [-0.2, 0) is 6.42 Å². The zero-order chi connectivity index (χ0) is 11.5. The van der Waals surface area contributed by atoms with Gasteiger partial charge in [0.25, 0.3) is 0 Å². The van der Waals surface area contributed by atoms with Gasteiger partial charge in [0.05, 0.1) is 0 Å². The number of nitrogens with two attached hydrogens (primary N) is 1. The Balaban J connectivity index is 2.63. The second kappa shape index (κ2) is 4.49. The summed E-state index contributed by atoms with van der Waals surface area (Å²) in [5.74, 6) is -0.147. The van der Waals surface area contributed by atoms with Gasteiger partial charge in [-0.2, -0.15) is 0 Å². The van der Waals surface area contributed by atoms with Crippen molar-refractivity contribution in [3.63, 3.8) is 0 Å². The molecule has 0 spiro atoms. The maximum absolute atomic E-state index is 13.7. The molecule has 16 heavy (non-hydrogen) atoms. The molecule has 3 N–H and O–H groups in total. The normalized spacial score (nSPS) is 10.9. The van der Waals surface area contributed by atoms with Crippen molar-refractivity contribution in [3.8, 4) is 5.75 Å². The Labute approximate surface area is 93.5 Å². The zero-order valence-electron chi connectivity index (χ0n) is 8.91. The lowest BCUT2D eigenvalue weighted by molar-refractivity contribution is 0.480. The largest absolute Gasteiger partial charge is 0.507 e. The van der Waals surface area contributed by atoms with Crippen LogP contribution in [0, 0.1) is 5.82 Å². The summed E-state index contributed by atoms with van der Waals surface area (Å²) in [5.41, 5.74) is 5.98. The number of aryl methyl sites for hydroxylation is 1. The van der Waals surface area contributed by atoms with E-state index in [4.69, 9.17) is 5.73 Å². The van der Waals surface area contributed by atoms with Gasteiger partial charge in [-0.1, -0.05) is 18.2 Å². The van der Waals surface area contributed by atoms with E-state index in [0.717, 1.165) is 5.39 Å². The molecule has 0 heterocycles. The van der Waals surface area contributed by atoms with Gasteiger partial charge in [0, 0.05) is 5.39 Å². The molecule has 0 bridgehead atoms. The molecule has 0 atom stereocenters. The van der Waals surface area contributed by atoms with Gasteiger partial charge in [0.1, 0.15) is 11.6 Å². The van der Waals surface area contributed by atoms with E-state index in [0.29, 0.717) is 30.3 Å². The molecule has 0 aliphatic heterocycles. The third-order valence-corrected chi connectivity index (χ3v) is 2.70. The van der Waals surface area contributed by atoms with Crippen molar-refractivity contribution in [1.29, 1.82) is 0 Å². The van der Waals surface area contributed by atoms with E-state index in [1.807, 2.05) is 6.07 Å². The number of aromatic hydroxyl groups is 1. The van der Waals surface area contributed by atoms with Crippen LogP contribution in [0.15, 0.2) is 30.3 Å². The first-order chi connectivity index (χ1) is 7.74. The van der Waals surface area contributed by atoms with Crippen LogP contribution in [0.3, 0.4) is 0 Å². The van der Waals surface area contributed by atoms with Crippen molar-refractivity contribution in [2.24, 2.45) is 5.73 Å². The van der Waals surface area contributed by atoms with Crippen LogP contribution in [-0.4, -0.2) is 11.7 Å². The minimum atomic E-state index is -0.276. The van der Waals surface area contributed by atoms with Crippen LogP contribution in [0.4, 0.5) is 4.39 Å². The van der Waals surface area contributed by atoms with E-state index in [1.165, 1.54) is 6.07 Å². The molecule has 2 aromatic rings. The molecule has 2 nitrogen and oxygen atoms in total. The fraction of sp³-hybridized carbons (Fsp3) is 0.231. The van der Waals surface area contributed by atoms with Crippen LogP contribution in [0.1, 0.15) is 12.0 Å². The summed E-state index contributed by atoms with van der Waals surface area (Å²) in [6, 6.07) is 8.31. The molecule has 0 amide bonds. The Morgan fingerprint density at radius 1 is 1.19 bits per heavy atom. The lowest BCUT2D eigenvalue weighted by Gasteiger charge is -2.09. The molecule has 3 heteroatoms. The number of fused-ring (bicyclic) bond motifs is 1. The summed E-state index contributed by atoms with van der Waals surface area (Å²) in [6.45, 7) is 0.517. The minimum Gasteiger partial charge on any atom is -0.507 e. The molecule has 0 aliphatic rings. The highest BCUT2D eigenvalue weighted by Crippen LogP contribution is 2.30. The van der Waals surface area contributed by atoms with Gasteiger partial charge in [-0.15, -0.1) is 0 Å². The molecule has 0 saturated carbocycles. The highest BCUT2D eigenvalue weighted by atomic mass is 19.1. The fourth-order valence-electron chi connectivity index (χ4n) is 1.93. The molecule has 0 aliphatic carbocycles. The van der Waals surface area contributed by atoms with E-state index >= 15 is 0 Å². The average Bonchev–Trinajstić information content (AvgIpc) is 2.28. The number of halogens is 1. The number of phenols is 1. The third-order valence-electron chi connectivity index (χ3n) is 2.70. The number of rotatable bonds is 3. The quantitative estimate of drug-likeness (QED) is 0.833. The summed E-state index contributed by atoms with van der Waals surface area (Å²) in [5, 5.41) is 11.2. The second-order valence-electron chi connectivity index (χ2n) is 3.79. The number of benzene rings is 2. The average molecular weight is 219 g/mol. The standard InChI is InChI=1S/C13H14FNO/c14-11-7-6-9-3-1-5-12(16)13(9)10(11)4-2-8-15/h1,3,5-7,16H,2,4,8,15H2. The van der Waals surface area contributed by atoms with E-state index in [-0.39, 0.29) is 11.6 Å². The molecule has 84 valence electrons. The maximum atomic E-state index is 13.7. The van der Waals surface area contributed by atoms with E-state index in [1.54, 1.807) is 18.2 Å². The van der Waals surface area contributed by atoms with E-state index in [2.05, 4.69) is 0 Å². The Morgan fingerprint density at radius 2 is 2.00 bits per heavy atom. The maximum Gasteiger partial charge on any atom is 0.127 e. The van der Waals surface area contributed by atoms with Crippen LogP contribution in [0.2, 0.25) is 0 Å². The Kier molecular flexibility index (Phi) is 3.06. The van der Waals surface area contributed by atoms with Crippen molar-refractivity contribution >= 4 is 10.8 Å². The van der Waals surface area contributed by atoms with Gasteiger partial charge in [-0.25, -0.2) is 4.39 Å². The molecule has 2 aromatic carbocycles. The topological polar surface area (TPSA) is 46.2 Å². The van der Waals surface area contributed by atoms with Crippen molar-refractivity contribution in [2.45, 2.75) is 12.8 Å². The second-order valence-corrected chi connectivity index (χ2v) is 3.79. The number of hydrogen-bond acceptors (Lipinski definition) is 2. The molecule has 0 saturated heterocycles. The van der Waals surface area contributed by atoms with Crippen molar-refractivity contribution in [1.82, 2.24) is 0 Å².